The highest BCUT2D eigenvalue weighted by Gasteiger charge is 2.28. The summed E-state index contributed by atoms with van der Waals surface area (Å²) >= 11 is 0. The molecule has 0 heterocycles. The van der Waals surface area contributed by atoms with E-state index in [-0.39, 0.29) is 10.5 Å². The Kier molecular flexibility index (Phi) is 8.46. The highest BCUT2D eigenvalue weighted by Crippen LogP contribution is 2.21. The zero-order chi connectivity index (χ0) is 17.2. The van der Waals surface area contributed by atoms with Crippen molar-refractivity contribution in [2.24, 2.45) is 0 Å². The number of carbonyl (C=O) groups is 2. The molecule has 1 rings (SSSR count). The summed E-state index contributed by atoms with van der Waals surface area (Å²) in [4.78, 5) is 23.6. The van der Waals surface area contributed by atoms with Crippen LogP contribution in [0.1, 0.15) is 49.4 Å². The van der Waals surface area contributed by atoms with Gasteiger partial charge in [0.15, 0.2) is 0 Å². The predicted octanol–water partition coefficient (Wildman–Crippen LogP) is 1.76. The standard InChI is InChI=1S/C15H22N2O5S/c1-2-3-4-5-10-13(15(19)17-21)23(22)12-9-7-6-8-11(12)14(18)16-20/h6-9,13,20-21H,2-5,10H2,1H3,(H,16,18)(H,17,19). The zero-order valence-electron chi connectivity index (χ0n) is 12.9. The van der Waals surface area contributed by atoms with Gasteiger partial charge in [-0.05, 0) is 18.6 Å². The van der Waals surface area contributed by atoms with Gasteiger partial charge in [0.25, 0.3) is 11.8 Å². The van der Waals surface area contributed by atoms with E-state index in [2.05, 4.69) is 6.92 Å². The van der Waals surface area contributed by atoms with E-state index in [1.165, 1.54) is 23.1 Å². The average molecular weight is 342 g/mol. The molecule has 0 fully saturated rings. The van der Waals surface area contributed by atoms with E-state index in [1.54, 1.807) is 12.1 Å². The molecule has 8 heteroatoms. The number of benzene rings is 1. The maximum absolute atomic E-state index is 12.7. The molecule has 4 N–H and O–H groups in total. The summed E-state index contributed by atoms with van der Waals surface area (Å²) in [5.41, 5.74) is 3.06. The quantitative estimate of drug-likeness (QED) is 0.310. The van der Waals surface area contributed by atoms with Crippen molar-refractivity contribution in [1.82, 2.24) is 11.0 Å². The van der Waals surface area contributed by atoms with E-state index in [4.69, 9.17) is 10.4 Å². The summed E-state index contributed by atoms with van der Waals surface area (Å²) in [5.74, 6) is -1.55. The molecule has 2 amide bonds. The molecule has 23 heavy (non-hydrogen) atoms. The van der Waals surface area contributed by atoms with Gasteiger partial charge in [-0.15, -0.1) is 0 Å². The number of hydroxylamine groups is 2. The van der Waals surface area contributed by atoms with Gasteiger partial charge in [0.05, 0.1) is 21.3 Å². The lowest BCUT2D eigenvalue weighted by Gasteiger charge is -2.16. The molecule has 7 nitrogen and oxygen atoms in total. The fourth-order valence-corrected chi connectivity index (χ4v) is 3.73. The minimum atomic E-state index is -1.83. The maximum Gasteiger partial charge on any atom is 0.275 e. The molecule has 0 spiro atoms. The summed E-state index contributed by atoms with van der Waals surface area (Å²) in [7, 11) is -1.83. The molecule has 0 aliphatic heterocycles. The molecule has 0 saturated heterocycles. The number of amides is 2. The lowest BCUT2D eigenvalue weighted by Crippen LogP contribution is -2.36. The molecular weight excluding hydrogens is 320 g/mol. The van der Waals surface area contributed by atoms with Gasteiger partial charge in [0, 0.05) is 0 Å². The van der Waals surface area contributed by atoms with Crippen molar-refractivity contribution in [2.45, 2.75) is 49.2 Å². The molecule has 2 atom stereocenters. The summed E-state index contributed by atoms with van der Waals surface area (Å²) in [6.07, 6.45) is 3.94. The lowest BCUT2D eigenvalue weighted by molar-refractivity contribution is -0.128. The fraction of sp³-hybridized carbons (Fsp3) is 0.467. The van der Waals surface area contributed by atoms with Crippen molar-refractivity contribution in [3.8, 4) is 0 Å². The van der Waals surface area contributed by atoms with E-state index in [0.29, 0.717) is 12.8 Å². The molecule has 0 saturated carbocycles. The molecule has 2 unspecified atom stereocenters. The summed E-state index contributed by atoms with van der Waals surface area (Å²) < 4.78 is 12.7. The molecule has 0 aliphatic carbocycles. The minimum Gasteiger partial charge on any atom is -0.289 e. The number of carbonyl (C=O) groups excluding carboxylic acids is 2. The highest BCUT2D eigenvalue weighted by atomic mass is 32.2. The molecule has 0 radical (unpaired) electrons. The molecule has 1 aromatic rings. The van der Waals surface area contributed by atoms with Crippen LogP contribution in [0.15, 0.2) is 29.2 Å². The van der Waals surface area contributed by atoms with Crippen LogP contribution < -0.4 is 11.0 Å². The fourth-order valence-electron chi connectivity index (χ4n) is 2.21. The Morgan fingerprint density at radius 2 is 1.83 bits per heavy atom. The Labute approximate surface area is 137 Å². The number of unbranched alkanes of at least 4 members (excludes halogenated alkanes) is 3. The van der Waals surface area contributed by atoms with Gasteiger partial charge in [0.2, 0.25) is 0 Å². The Bertz CT molecular complexity index is 565. The van der Waals surface area contributed by atoms with Crippen molar-refractivity contribution < 1.29 is 24.2 Å². The van der Waals surface area contributed by atoms with Crippen LogP contribution in [0.25, 0.3) is 0 Å². The third-order valence-corrected chi connectivity index (χ3v) is 5.19. The van der Waals surface area contributed by atoms with Gasteiger partial charge >= 0.3 is 0 Å². The first-order valence-corrected chi connectivity index (χ1v) is 8.66. The number of rotatable bonds is 9. The van der Waals surface area contributed by atoms with E-state index < -0.39 is 27.9 Å². The Morgan fingerprint density at radius 1 is 1.13 bits per heavy atom. The van der Waals surface area contributed by atoms with E-state index in [0.717, 1.165) is 19.3 Å². The first-order valence-electron chi connectivity index (χ1n) is 7.44. The zero-order valence-corrected chi connectivity index (χ0v) is 13.8. The normalized spacial score (nSPS) is 13.2. The Balaban J connectivity index is 3.00. The second kappa shape index (κ2) is 10.1. The first-order chi connectivity index (χ1) is 11.1. The molecular formula is C15H22N2O5S. The van der Waals surface area contributed by atoms with E-state index >= 15 is 0 Å². The van der Waals surface area contributed by atoms with Crippen LogP contribution in [0.2, 0.25) is 0 Å². The van der Waals surface area contributed by atoms with Crippen LogP contribution in [0, 0.1) is 0 Å². The summed E-state index contributed by atoms with van der Waals surface area (Å²) in [5, 5.41) is 16.7. The molecule has 0 aromatic heterocycles. The Hall–Kier alpha value is -1.77. The lowest BCUT2D eigenvalue weighted by atomic mass is 10.1. The topological polar surface area (TPSA) is 116 Å². The summed E-state index contributed by atoms with van der Waals surface area (Å²) in [6, 6.07) is 6.02. The van der Waals surface area contributed by atoms with Gasteiger partial charge in [-0.25, -0.2) is 11.0 Å². The Morgan fingerprint density at radius 3 is 2.43 bits per heavy atom. The SMILES string of the molecule is CCCCCCC(C(=O)NO)S(=O)c1ccccc1C(=O)NO. The van der Waals surface area contributed by atoms with Crippen LogP contribution >= 0.6 is 0 Å². The van der Waals surface area contributed by atoms with Gasteiger partial charge in [-0.2, -0.15) is 0 Å². The van der Waals surface area contributed by atoms with Gasteiger partial charge < -0.3 is 0 Å². The van der Waals surface area contributed by atoms with Crippen molar-refractivity contribution in [2.75, 3.05) is 0 Å². The van der Waals surface area contributed by atoms with Crippen LogP contribution in [0.3, 0.4) is 0 Å². The van der Waals surface area contributed by atoms with E-state index in [9.17, 15) is 13.8 Å². The second-order valence-corrected chi connectivity index (χ2v) is 6.65. The molecule has 0 bridgehead atoms. The monoisotopic (exact) mass is 342 g/mol. The van der Waals surface area contributed by atoms with Crippen molar-refractivity contribution in [3.63, 3.8) is 0 Å². The largest absolute Gasteiger partial charge is 0.289 e. The average Bonchev–Trinajstić information content (AvgIpc) is 2.60. The maximum atomic E-state index is 12.7. The first kappa shape index (κ1) is 19.3. The molecule has 0 aliphatic rings. The van der Waals surface area contributed by atoms with Crippen LogP contribution in [0.4, 0.5) is 0 Å². The number of nitrogens with one attached hydrogen (secondary N) is 2. The van der Waals surface area contributed by atoms with Crippen molar-refractivity contribution >= 4 is 22.6 Å². The third-order valence-electron chi connectivity index (χ3n) is 3.43. The van der Waals surface area contributed by atoms with Gasteiger partial charge in [-0.1, -0.05) is 44.7 Å². The highest BCUT2D eigenvalue weighted by molar-refractivity contribution is 7.86. The van der Waals surface area contributed by atoms with Gasteiger partial charge in [0.1, 0.15) is 5.25 Å². The third kappa shape index (κ3) is 5.42. The number of hydrogen-bond acceptors (Lipinski definition) is 5. The predicted molar refractivity (Wildman–Crippen MR) is 84.6 cm³/mol. The van der Waals surface area contributed by atoms with Crippen LogP contribution in [0.5, 0.6) is 0 Å². The number of hydrogen-bond donors (Lipinski definition) is 4. The van der Waals surface area contributed by atoms with Crippen LogP contribution in [-0.4, -0.2) is 31.7 Å². The minimum absolute atomic E-state index is 0.0256. The second-order valence-electron chi connectivity index (χ2n) is 5.05. The summed E-state index contributed by atoms with van der Waals surface area (Å²) in [6.45, 7) is 2.06. The van der Waals surface area contributed by atoms with Crippen molar-refractivity contribution in [1.29, 1.82) is 0 Å². The molecule has 1 aromatic carbocycles. The van der Waals surface area contributed by atoms with Crippen molar-refractivity contribution in [3.05, 3.63) is 29.8 Å². The molecule has 128 valence electrons. The van der Waals surface area contributed by atoms with Gasteiger partial charge in [-0.3, -0.25) is 24.2 Å². The van der Waals surface area contributed by atoms with Crippen LogP contribution in [-0.2, 0) is 15.6 Å². The smallest absolute Gasteiger partial charge is 0.275 e. The van der Waals surface area contributed by atoms with E-state index in [1.807, 2.05) is 0 Å².